The lowest BCUT2D eigenvalue weighted by atomic mass is 10.1. The zero-order valence-corrected chi connectivity index (χ0v) is 10.9. The highest BCUT2D eigenvalue weighted by atomic mass is 35.5. The Bertz CT molecular complexity index is 472. The molecule has 1 aromatic carbocycles. The topological polar surface area (TPSA) is 74.6 Å². The first-order chi connectivity index (χ1) is 7.92. The predicted octanol–water partition coefficient (Wildman–Crippen LogP) is 1.17. The molecule has 0 amide bonds. The molecule has 2 N–H and O–H groups in total. The van der Waals surface area contributed by atoms with Crippen LogP contribution in [0.4, 0.5) is 0 Å². The van der Waals surface area contributed by atoms with Gasteiger partial charge in [0.1, 0.15) is 5.25 Å². The molecule has 1 rings (SSSR count). The molecular weight excluding hydrogens is 264 g/mol. The normalized spacial score (nSPS) is 15.5. The Morgan fingerprint density at radius 2 is 2.06 bits per heavy atom. The van der Waals surface area contributed by atoms with Crippen LogP contribution in [0.15, 0.2) is 24.3 Å². The summed E-state index contributed by atoms with van der Waals surface area (Å²) >= 11 is 5.76. The minimum atomic E-state index is -3.51. The number of aliphatic hydroxyl groups excluding tert-OH is 2. The van der Waals surface area contributed by atoms with Crippen molar-refractivity contribution < 1.29 is 18.6 Å². The standard InChI is InChI=1S/C11H15ClO4S/c1-2-17(15,16)10(7-13)11(14)8-4-3-5-9(12)6-8/h3-6,10-11,13-14H,2,7H2,1H3/t10-,11+/m1/s1. The lowest BCUT2D eigenvalue weighted by Gasteiger charge is -2.20. The molecule has 0 fully saturated rings. The van der Waals surface area contributed by atoms with Crippen molar-refractivity contribution >= 4 is 21.4 Å². The number of halogens is 1. The molecule has 17 heavy (non-hydrogen) atoms. The third-order valence-corrected chi connectivity index (χ3v) is 4.96. The summed E-state index contributed by atoms with van der Waals surface area (Å²) in [4.78, 5) is 0. The predicted molar refractivity (Wildman–Crippen MR) is 66.7 cm³/mol. The van der Waals surface area contributed by atoms with Crippen LogP contribution in [0.25, 0.3) is 0 Å². The second-order valence-electron chi connectivity index (χ2n) is 3.67. The van der Waals surface area contributed by atoms with Gasteiger partial charge in [0, 0.05) is 10.8 Å². The van der Waals surface area contributed by atoms with Crippen molar-refractivity contribution in [2.75, 3.05) is 12.4 Å². The molecule has 1 aromatic rings. The molecule has 0 heterocycles. The lowest BCUT2D eigenvalue weighted by molar-refractivity contribution is 0.138. The largest absolute Gasteiger partial charge is 0.395 e. The van der Waals surface area contributed by atoms with Crippen LogP contribution >= 0.6 is 11.6 Å². The minimum absolute atomic E-state index is 0.129. The highest BCUT2D eigenvalue weighted by Gasteiger charge is 2.31. The third kappa shape index (κ3) is 3.42. The second kappa shape index (κ2) is 5.82. The quantitative estimate of drug-likeness (QED) is 0.848. The summed E-state index contributed by atoms with van der Waals surface area (Å²) in [5.41, 5.74) is 0.383. The van der Waals surface area contributed by atoms with Crippen LogP contribution in [0.3, 0.4) is 0 Å². The smallest absolute Gasteiger partial charge is 0.158 e. The van der Waals surface area contributed by atoms with E-state index in [1.807, 2.05) is 0 Å². The van der Waals surface area contributed by atoms with Crippen LogP contribution in [-0.2, 0) is 9.84 Å². The monoisotopic (exact) mass is 278 g/mol. The molecule has 0 spiro atoms. The molecule has 0 bridgehead atoms. The number of hydrogen-bond acceptors (Lipinski definition) is 4. The van der Waals surface area contributed by atoms with Crippen molar-refractivity contribution in [1.29, 1.82) is 0 Å². The molecule has 96 valence electrons. The average molecular weight is 279 g/mol. The molecule has 4 nitrogen and oxygen atoms in total. The molecular formula is C11H15ClO4S. The van der Waals surface area contributed by atoms with E-state index in [1.54, 1.807) is 18.2 Å². The van der Waals surface area contributed by atoms with Gasteiger partial charge in [-0.3, -0.25) is 0 Å². The van der Waals surface area contributed by atoms with Crippen molar-refractivity contribution in [3.8, 4) is 0 Å². The molecule has 0 aliphatic heterocycles. The van der Waals surface area contributed by atoms with E-state index >= 15 is 0 Å². The van der Waals surface area contributed by atoms with Gasteiger partial charge < -0.3 is 10.2 Å². The highest BCUT2D eigenvalue weighted by molar-refractivity contribution is 7.92. The summed E-state index contributed by atoms with van der Waals surface area (Å²) in [5.74, 6) is -0.129. The number of aliphatic hydroxyl groups is 2. The number of rotatable bonds is 5. The van der Waals surface area contributed by atoms with Crippen LogP contribution in [-0.4, -0.2) is 36.2 Å². The average Bonchev–Trinajstić information content (AvgIpc) is 2.29. The number of hydrogen-bond donors (Lipinski definition) is 2. The van der Waals surface area contributed by atoms with Gasteiger partial charge in [-0.1, -0.05) is 30.7 Å². The Kier molecular flexibility index (Phi) is 4.94. The van der Waals surface area contributed by atoms with E-state index in [0.29, 0.717) is 10.6 Å². The van der Waals surface area contributed by atoms with Crippen molar-refractivity contribution in [3.63, 3.8) is 0 Å². The molecule has 0 aliphatic rings. The Labute approximate surface area is 106 Å². The molecule has 0 saturated heterocycles. The van der Waals surface area contributed by atoms with Gasteiger partial charge in [-0.25, -0.2) is 8.42 Å². The van der Waals surface area contributed by atoms with Gasteiger partial charge in [0.05, 0.1) is 12.7 Å². The Balaban J connectivity index is 3.06. The fraction of sp³-hybridized carbons (Fsp3) is 0.455. The summed E-state index contributed by atoms with van der Waals surface area (Å²) in [6, 6.07) is 6.30. The van der Waals surface area contributed by atoms with Crippen LogP contribution < -0.4 is 0 Å². The maximum Gasteiger partial charge on any atom is 0.158 e. The maximum absolute atomic E-state index is 11.7. The molecule has 6 heteroatoms. The first-order valence-corrected chi connectivity index (χ1v) is 7.27. The van der Waals surface area contributed by atoms with E-state index in [1.165, 1.54) is 13.0 Å². The zero-order valence-electron chi connectivity index (χ0n) is 9.38. The van der Waals surface area contributed by atoms with Crippen LogP contribution in [0.1, 0.15) is 18.6 Å². The van der Waals surface area contributed by atoms with E-state index in [4.69, 9.17) is 16.7 Å². The maximum atomic E-state index is 11.7. The summed E-state index contributed by atoms with van der Waals surface area (Å²) in [5, 5.41) is 18.3. The van der Waals surface area contributed by atoms with Crippen LogP contribution in [0.2, 0.25) is 5.02 Å². The summed E-state index contributed by atoms with van der Waals surface area (Å²) < 4.78 is 23.4. The van der Waals surface area contributed by atoms with Gasteiger partial charge in [-0.15, -0.1) is 0 Å². The zero-order chi connectivity index (χ0) is 13.1. The SMILES string of the molecule is CCS(=O)(=O)[C@H](CO)[C@@H](O)c1cccc(Cl)c1. The Morgan fingerprint density at radius 3 is 2.53 bits per heavy atom. The highest BCUT2D eigenvalue weighted by Crippen LogP contribution is 2.24. The van der Waals surface area contributed by atoms with Crippen LogP contribution in [0.5, 0.6) is 0 Å². The van der Waals surface area contributed by atoms with Crippen molar-refractivity contribution in [2.24, 2.45) is 0 Å². The van der Waals surface area contributed by atoms with Gasteiger partial charge in [-0.2, -0.15) is 0 Å². The molecule has 0 aliphatic carbocycles. The second-order valence-corrected chi connectivity index (χ2v) is 6.62. The minimum Gasteiger partial charge on any atom is -0.395 e. The van der Waals surface area contributed by atoms with Gasteiger partial charge in [-0.05, 0) is 17.7 Å². The van der Waals surface area contributed by atoms with Gasteiger partial charge in [0.2, 0.25) is 0 Å². The first kappa shape index (κ1) is 14.4. The fourth-order valence-corrected chi connectivity index (χ4v) is 2.93. The van der Waals surface area contributed by atoms with Gasteiger partial charge >= 0.3 is 0 Å². The molecule has 0 unspecified atom stereocenters. The summed E-state index contributed by atoms with van der Waals surface area (Å²) in [6.07, 6.45) is -1.27. The van der Waals surface area contributed by atoms with E-state index in [2.05, 4.69) is 0 Å². The van der Waals surface area contributed by atoms with E-state index in [-0.39, 0.29) is 5.75 Å². The lowest BCUT2D eigenvalue weighted by Crippen LogP contribution is -2.33. The number of sulfone groups is 1. The molecule has 0 saturated carbocycles. The first-order valence-electron chi connectivity index (χ1n) is 5.18. The Hall–Kier alpha value is -0.620. The van der Waals surface area contributed by atoms with E-state index in [0.717, 1.165) is 0 Å². The number of benzene rings is 1. The van der Waals surface area contributed by atoms with Gasteiger partial charge in [0.25, 0.3) is 0 Å². The fourth-order valence-electron chi connectivity index (χ4n) is 1.53. The van der Waals surface area contributed by atoms with Crippen molar-refractivity contribution in [3.05, 3.63) is 34.9 Å². The van der Waals surface area contributed by atoms with Crippen molar-refractivity contribution in [1.82, 2.24) is 0 Å². The third-order valence-electron chi connectivity index (χ3n) is 2.59. The van der Waals surface area contributed by atoms with Crippen LogP contribution in [0, 0.1) is 0 Å². The molecule has 0 aromatic heterocycles. The van der Waals surface area contributed by atoms with E-state index in [9.17, 15) is 13.5 Å². The van der Waals surface area contributed by atoms with Crippen molar-refractivity contribution in [2.45, 2.75) is 18.3 Å². The summed E-state index contributed by atoms with van der Waals surface area (Å²) in [6.45, 7) is 0.854. The molecule has 2 atom stereocenters. The summed E-state index contributed by atoms with van der Waals surface area (Å²) in [7, 11) is -3.51. The Morgan fingerprint density at radius 1 is 1.41 bits per heavy atom. The molecule has 0 radical (unpaired) electrons. The van der Waals surface area contributed by atoms with E-state index < -0.39 is 27.8 Å². The van der Waals surface area contributed by atoms with Gasteiger partial charge in [0.15, 0.2) is 9.84 Å².